The largest absolute Gasteiger partial charge is 0.477 e. The molecule has 3 rings (SSSR count). The fourth-order valence-corrected chi connectivity index (χ4v) is 6.57. The molecule has 33 heavy (non-hydrogen) atoms. The van der Waals surface area contributed by atoms with Crippen LogP contribution in [0, 0.1) is 11.8 Å². The van der Waals surface area contributed by atoms with Crippen molar-refractivity contribution in [2.75, 3.05) is 33.7 Å². The van der Waals surface area contributed by atoms with Gasteiger partial charge in [0.25, 0.3) is 10.2 Å². The Morgan fingerprint density at radius 2 is 2.00 bits per heavy atom. The number of hydrogen-bond donors (Lipinski definition) is 5. The molecule has 0 aliphatic carbocycles. The van der Waals surface area contributed by atoms with Crippen molar-refractivity contribution in [1.82, 2.24) is 24.6 Å². The van der Waals surface area contributed by atoms with Crippen LogP contribution < -0.4 is 15.4 Å². The number of carboxylic acid groups (broad SMARTS) is 1. The molecule has 12 nitrogen and oxygen atoms in total. The second-order valence-electron chi connectivity index (χ2n) is 8.68. The normalized spacial score (nSPS) is 30.4. The molecule has 2 saturated heterocycles. The first-order valence-corrected chi connectivity index (χ1v) is 13.0. The molecule has 0 radical (unpaired) electrons. The summed E-state index contributed by atoms with van der Waals surface area (Å²) in [4.78, 5) is 38.7. The van der Waals surface area contributed by atoms with E-state index >= 15 is 0 Å². The van der Waals surface area contributed by atoms with E-state index in [2.05, 4.69) is 15.4 Å². The van der Waals surface area contributed by atoms with Gasteiger partial charge in [0.2, 0.25) is 11.8 Å². The predicted octanol–water partition coefficient (Wildman–Crippen LogP) is -1.88. The number of rotatable bonds is 10. The molecule has 5 N–H and O–H groups in total. The first-order valence-electron chi connectivity index (χ1n) is 10.7. The number of aliphatic hydroxyl groups excluding tert-OH is 1. The summed E-state index contributed by atoms with van der Waals surface area (Å²) in [5.41, 5.74) is -0.0273. The summed E-state index contributed by atoms with van der Waals surface area (Å²) < 4.78 is 26.7. The van der Waals surface area contributed by atoms with Gasteiger partial charge in [-0.25, -0.2) is 9.52 Å². The van der Waals surface area contributed by atoms with E-state index in [1.807, 2.05) is 6.92 Å². The summed E-state index contributed by atoms with van der Waals surface area (Å²) in [5.74, 6) is -2.65. The Labute approximate surface area is 197 Å². The first-order chi connectivity index (χ1) is 15.4. The summed E-state index contributed by atoms with van der Waals surface area (Å²) in [6, 6.07) is -0.854. The Kier molecular flexibility index (Phi) is 7.75. The number of thioether (sulfide) groups is 1. The molecular weight excluding hydrogens is 474 g/mol. The fraction of sp³-hybridized carbons (Fsp3) is 0.737. The summed E-state index contributed by atoms with van der Waals surface area (Å²) in [6.07, 6.45) is -0.398. The second-order valence-corrected chi connectivity index (χ2v) is 12.0. The predicted molar refractivity (Wildman–Crippen MR) is 121 cm³/mol. The molecular formula is C19H31N5O7S2. The molecule has 3 heterocycles. The van der Waals surface area contributed by atoms with E-state index in [9.17, 15) is 33.0 Å². The van der Waals surface area contributed by atoms with Gasteiger partial charge in [0, 0.05) is 49.8 Å². The number of aliphatic carboxylic acids is 1. The highest BCUT2D eigenvalue weighted by molar-refractivity contribution is 8.03. The molecule has 0 spiro atoms. The van der Waals surface area contributed by atoms with Crippen molar-refractivity contribution in [3.63, 3.8) is 0 Å². The van der Waals surface area contributed by atoms with E-state index in [0.29, 0.717) is 17.9 Å². The van der Waals surface area contributed by atoms with Gasteiger partial charge >= 0.3 is 5.97 Å². The van der Waals surface area contributed by atoms with Crippen LogP contribution in [0.3, 0.4) is 0 Å². The molecule has 2 fully saturated rings. The van der Waals surface area contributed by atoms with Crippen LogP contribution in [-0.4, -0.2) is 103 Å². The molecule has 3 aliphatic rings. The van der Waals surface area contributed by atoms with Crippen molar-refractivity contribution in [2.24, 2.45) is 11.8 Å². The summed E-state index contributed by atoms with van der Waals surface area (Å²) in [7, 11) is -0.749. The van der Waals surface area contributed by atoms with E-state index in [1.54, 1.807) is 0 Å². The summed E-state index contributed by atoms with van der Waals surface area (Å²) >= 11 is 1.36. The first kappa shape index (κ1) is 25.9. The molecule has 0 aromatic carbocycles. The number of hydrogen-bond acceptors (Lipinski definition) is 8. The molecule has 0 aromatic heterocycles. The monoisotopic (exact) mass is 505 g/mol. The Hall–Kier alpha value is -1.71. The van der Waals surface area contributed by atoms with Crippen molar-refractivity contribution in [3.8, 4) is 0 Å². The standard InChI is InChI=1S/C19H31N5O7S2/c1-9-14-13(10(2)25)18(27)24(14)15(19(28)29)16(9)32-11-7-12(21-8-11)17(26)20-5-6-22-33(30,31)23(3)4/h9-14,21-22,25H,5-8H2,1-4H3,(H,20,26)(H,28,29)/t9-,10-,11+,12+,13?,14?/m1/s1. The molecule has 3 aliphatic heterocycles. The van der Waals surface area contributed by atoms with Crippen molar-refractivity contribution in [2.45, 2.75) is 43.7 Å². The van der Waals surface area contributed by atoms with Gasteiger partial charge < -0.3 is 25.7 Å². The third-order valence-corrected chi connectivity index (χ3v) is 9.24. The molecule has 6 atom stereocenters. The minimum atomic E-state index is -3.56. The maximum absolute atomic E-state index is 12.4. The van der Waals surface area contributed by atoms with E-state index in [0.717, 1.165) is 4.31 Å². The molecule has 0 aromatic rings. The number of nitrogens with one attached hydrogen (secondary N) is 3. The van der Waals surface area contributed by atoms with Crippen LogP contribution in [0.15, 0.2) is 10.6 Å². The van der Waals surface area contributed by atoms with Crippen LogP contribution in [-0.2, 0) is 24.6 Å². The van der Waals surface area contributed by atoms with Crippen molar-refractivity contribution < 1.29 is 33.0 Å². The van der Waals surface area contributed by atoms with Crippen LogP contribution in [0.4, 0.5) is 0 Å². The van der Waals surface area contributed by atoms with Gasteiger partial charge in [-0.05, 0) is 13.3 Å². The van der Waals surface area contributed by atoms with Gasteiger partial charge in [-0.15, -0.1) is 11.8 Å². The minimum Gasteiger partial charge on any atom is -0.477 e. The lowest BCUT2D eigenvalue weighted by molar-refractivity contribution is -0.163. The quantitative estimate of drug-likeness (QED) is 0.168. The number of fused-ring (bicyclic) bond motifs is 1. The van der Waals surface area contributed by atoms with Crippen LogP contribution >= 0.6 is 11.8 Å². The van der Waals surface area contributed by atoms with Crippen molar-refractivity contribution >= 4 is 39.8 Å². The molecule has 0 saturated carbocycles. The van der Waals surface area contributed by atoms with E-state index < -0.39 is 34.2 Å². The third-order valence-electron chi connectivity index (χ3n) is 6.20. The highest BCUT2D eigenvalue weighted by atomic mass is 32.2. The molecule has 14 heteroatoms. The Morgan fingerprint density at radius 1 is 1.33 bits per heavy atom. The summed E-state index contributed by atoms with van der Waals surface area (Å²) in [6.45, 7) is 4.07. The van der Waals surface area contributed by atoms with Crippen LogP contribution in [0.1, 0.15) is 20.3 Å². The van der Waals surface area contributed by atoms with Crippen molar-refractivity contribution in [3.05, 3.63) is 10.6 Å². The summed E-state index contributed by atoms with van der Waals surface area (Å²) in [5, 5.41) is 25.4. The molecule has 186 valence electrons. The number of carbonyl (C=O) groups excluding carboxylic acids is 2. The lowest BCUT2D eigenvalue weighted by Gasteiger charge is -2.46. The Balaban J connectivity index is 1.56. The van der Waals surface area contributed by atoms with Gasteiger partial charge in [0.15, 0.2) is 0 Å². The fourth-order valence-electron chi connectivity index (χ4n) is 4.47. The highest BCUT2D eigenvalue weighted by Gasteiger charge is 2.60. The minimum absolute atomic E-state index is 0.0273. The molecule has 0 bridgehead atoms. The number of carboxylic acids is 1. The SMILES string of the molecule is C[C@@H](O)C1C(=O)N2C(C(=O)O)=C(S[C@@H]3CN[C@H](C(=O)NCCNS(=O)(=O)N(C)C)C3)[C@H](C)C12. The topological polar surface area (TPSA) is 168 Å². The van der Waals surface area contributed by atoms with Crippen LogP contribution in [0.25, 0.3) is 0 Å². The number of amides is 2. The number of carbonyl (C=O) groups is 3. The smallest absolute Gasteiger partial charge is 0.353 e. The average molecular weight is 506 g/mol. The maximum Gasteiger partial charge on any atom is 0.353 e. The van der Waals surface area contributed by atoms with Gasteiger partial charge in [0.1, 0.15) is 5.70 Å². The highest BCUT2D eigenvalue weighted by Crippen LogP contribution is 2.51. The number of aliphatic hydroxyl groups is 1. The van der Waals surface area contributed by atoms with Crippen molar-refractivity contribution in [1.29, 1.82) is 0 Å². The third kappa shape index (κ3) is 5.05. The zero-order valence-corrected chi connectivity index (χ0v) is 20.6. The zero-order valence-electron chi connectivity index (χ0n) is 18.9. The van der Waals surface area contributed by atoms with Gasteiger partial charge in [0.05, 0.1) is 24.1 Å². The van der Waals surface area contributed by atoms with Gasteiger partial charge in [-0.3, -0.25) is 9.59 Å². The van der Waals surface area contributed by atoms with Gasteiger partial charge in [-0.2, -0.15) is 12.7 Å². The zero-order chi connectivity index (χ0) is 24.7. The van der Waals surface area contributed by atoms with Crippen LogP contribution in [0.2, 0.25) is 0 Å². The van der Waals surface area contributed by atoms with E-state index in [1.165, 1.54) is 37.7 Å². The van der Waals surface area contributed by atoms with E-state index in [4.69, 9.17) is 0 Å². The number of β-lactam (4-membered cyclic amide) rings is 1. The van der Waals surface area contributed by atoms with Gasteiger partial charge in [-0.1, -0.05) is 6.92 Å². The lowest BCUT2D eigenvalue weighted by atomic mass is 9.79. The Morgan fingerprint density at radius 3 is 2.58 bits per heavy atom. The lowest BCUT2D eigenvalue weighted by Crippen LogP contribution is -2.63. The maximum atomic E-state index is 12.4. The Bertz CT molecular complexity index is 952. The molecule has 2 amide bonds. The van der Waals surface area contributed by atoms with E-state index in [-0.39, 0.29) is 47.8 Å². The second kappa shape index (κ2) is 9.88. The van der Waals surface area contributed by atoms with Crippen LogP contribution in [0.5, 0.6) is 0 Å². The molecule has 2 unspecified atom stereocenters. The average Bonchev–Trinajstić information content (AvgIpc) is 3.27. The number of nitrogens with zero attached hydrogens (tertiary/aromatic N) is 2.